The molecule has 5 nitrogen and oxygen atoms in total. The van der Waals surface area contributed by atoms with Crippen LogP contribution >= 0.6 is 11.6 Å². The monoisotopic (exact) mass is 518 g/mol. The summed E-state index contributed by atoms with van der Waals surface area (Å²) < 4.78 is 28.6. The molecule has 0 saturated carbocycles. The highest BCUT2D eigenvalue weighted by molar-refractivity contribution is 7.92. The lowest BCUT2D eigenvalue weighted by Crippen LogP contribution is -2.42. The molecule has 1 atom stereocenters. The van der Waals surface area contributed by atoms with Gasteiger partial charge in [-0.1, -0.05) is 90.0 Å². The summed E-state index contributed by atoms with van der Waals surface area (Å²) in [5, 5.41) is 3.49. The summed E-state index contributed by atoms with van der Waals surface area (Å²) in [5.41, 5.74) is 4.06. The minimum Gasteiger partial charge on any atom is -0.344 e. The van der Waals surface area contributed by atoms with Crippen molar-refractivity contribution in [1.82, 2.24) is 5.32 Å². The predicted octanol–water partition coefficient (Wildman–Crippen LogP) is 6.06. The van der Waals surface area contributed by atoms with Crippen LogP contribution in [0.15, 0.2) is 108 Å². The number of amides is 1. The van der Waals surface area contributed by atoms with Crippen LogP contribution in [0.2, 0.25) is 5.02 Å². The van der Waals surface area contributed by atoms with Crippen LogP contribution in [-0.2, 0) is 14.8 Å². The van der Waals surface area contributed by atoms with E-state index < -0.39 is 22.0 Å². The molecule has 184 valence electrons. The zero-order valence-corrected chi connectivity index (χ0v) is 21.6. The second-order valence-electron chi connectivity index (χ2n) is 8.58. The number of aryl methyl sites for hydroxylation is 2. The molecular weight excluding hydrogens is 492 g/mol. The molecule has 0 saturated heterocycles. The van der Waals surface area contributed by atoms with Crippen molar-refractivity contribution in [1.29, 1.82) is 0 Å². The molecule has 0 heterocycles. The van der Waals surface area contributed by atoms with Crippen molar-refractivity contribution in [3.63, 3.8) is 0 Å². The number of halogens is 1. The lowest BCUT2D eigenvalue weighted by atomic mass is 9.97. The van der Waals surface area contributed by atoms with E-state index in [1.807, 2.05) is 80.6 Å². The number of carbonyl (C=O) groups is 1. The number of carbonyl (C=O) groups excluding carboxylic acids is 1. The fourth-order valence-electron chi connectivity index (χ4n) is 4.07. The third-order valence-corrected chi connectivity index (χ3v) is 7.91. The maximum Gasteiger partial charge on any atom is 0.264 e. The van der Waals surface area contributed by atoms with Gasteiger partial charge in [0.1, 0.15) is 6.54 Å². The van der Waals surface area contributed by atoms with Gasteiger partial charge in [-0.3, -0.25) is 9.10 Å². The first-order valence-corrected chi connectivity index (χ1v) is 13.3. The maximum absolute atomic E-state index is 13.7. The molecule has 0 aliphatic carbocycles. The van der Waals surface area contributed by atoms with E-state index in [-0.39, 0.29) is 11.4 Å². The molecule has 7 heteroatoms. The van der Waals surface area contributed by atoms with Gasteiger partial charge in [0.2, 0.25) is 5.91 Å². The number of para-hydroxylation sites is 1. The lowest BCUT2D eigenvalue weighted by Gasteiger charge is -2.27. The summed E-state index contributed by atoms with van der Waals surface area (Å²) in [4.78, 5) is 13.5. The lowest BCUT2D eigenvalue weighted by molar-refractivity contribution is -0.120. The largest absolute Gasteiger partial charge is 0.344 e. The molecule has 0 aliphatic heterocycles. The third-order valence-electron chi connectivity index (χ3n) is 5.89. The fourth-order valence-corrected chi connectivity index (χ4v) is 5.68. The molecule has 4 aromatic carbocycles. The van der Waals surface area contributed by atoms with Gasteiger partial charge in [-0.25, -0.2) is 8.42 Å². The summed E-state index contributed by atoms with van der Waals surface area (Å²) in [7, 11) is -4.05. The molecule has 1 N–H and O–H groups in total. The van der Waals surface area contributed by atoms with Crippen LogP contribution in [0.5, 0.6) is 0 Å². The molecule has 0 spiro atoms. The molecule has 0 radical (unpaired) electrons. The zero-order valence-electron chi connectivity index (χ0n) is 20.1. The van der Waals surface area contributed by atoms with Gasteiger partial charge < -0.3 is 5.32 Å². The topological polar surface area (TPSA) is 66.5 Å². The summed E-state index contributed by atoms with van der Waals surface area (Å²) >= 11 is 5.98. The quantitative estimate of drug-likeness (QED) is 0.308. The molecule has 4 aromatic rings. The molecule has 0 fully saturated rings. The first-order valence-electron chi connectivity index (χ1n) is 11.5. The van der Waals surface area contributed by atoms with Crippen molar-refractivity contribution >= 4 is 33.2 Å². The standard InChI is InChI=1S/C29H27ClN2O3S/c1-21-9-8-13-24(19-21)29(23-11-4-3-5-12-23)31-28(33)20-32(27-14-7-6-10-22(27)2)36(34,35)26-17-15-25(30)16-18-26/h3-19,29H,20H2,1-2H3,(H,31,33). The third kappa shape index (κ3) is 5.78. The van der Waals surface area contributed by atoms with Crippen LogP contribution in [0.25, 0.3) is 0 Å². The number of benzene rings is 4. The van der Waals surface area contributed by atoms with Gasteiger partial charge in [-0.05, 0) is 60.9 Å². The van der Waals surface area contributed by atoms with Gasteiger partial charge in [0.25, 0.3) is 10.0 Å². The average molecular weight is 519 g/mol. The van der Waals surface area contributed by atoms with Crippen LogP contribution < -0.4 is 9.62 Å². The minimum absolute atomic E-state index is 0.0567. The summed E-state index contributed by atoms with van der Waals surface area (Å²) in [6.45, 7) is 3.42. The Labute approximate surface area is 217 Å². The maximum atomic E-state index is 13.7. The number of anilines is 1. The molecule has 1 amide bonds. The van der Waals surface area contributed by atoms with Gasteiger partial charge in [0.15, 0.2) is 0 Å². The van der Waals surface area contributed by atoms with E-state index in [2.05, 4.69) is 5.32 Å². The Morgan fingerprint density at radius 3 is 2.14 bits per heavy atom. The number of sulfonamides is 1. The van der Waals surface area contributed by atoms with Gasteiger partial charge >= 0.3 is 0 Å². The molecule has 36 heavy (non-hydrogen) atoms. The Hall–Kier alpha value is -3.61. The van der Waals surface area contributed by atoms with E-state index in [1.165, 1.54) is 24.3 Å². The van der Waals surface area contributed by atoms with Crippen molar-refractivity contribution in [2.45, 2.75) is 24.8 Å². The molecule has 0 bridgehead atoms. The second-order valence-corrected chi connectivity index (χ2v) is 10.9. The molecule has 0 aromatic heterocycles. The van der Waals surface area contributed by atoms with Gasteiger partial charge in [0, 0.05) is 5.02 Å². The van der Waals surface area contributed by atoms with Crippen molar-refractivity contribution < 1.29 is 13.2 Å². The van der Waals surface area contributed by atoms with Gasteiger partial charge in [0.05, 0.1) is 16.6 Å². The summed E-state index contributed by atoms with van der Waals surface area (Å²) in [6, 6.07) is 30.1. The Morgan fingerprint density at radius 2 is 1.47 bits per heavy atom. The first kappa shape index (κ1) is 25.5. The van der Waals surface area contributed by atoms with Crippen LogP contribution in [0.1, 0.15) is 28.3 Å². The number of hydrogen-bond donors (Lipinski definition) is 1. The highest BCUT2D eigenvalue weighted by Gasteiger charge is 2.29. The van der Waals surface area contributed by atoms with Crippen LogP contribution in [-0.4, -0.2) is 20.9 Å². The summed E-state index contributed by atoms with van der Waals surface area (Å²) in [6.07, 6.45) is 0. The zero-order chi connectivity index (χ0) is 25.7. The van der Waals surface area contributed by atoms with E-state index >= 15 is 0 Å². The van der Waals surface area contributed by atoms with E-state index in [0.29, 0.717) is 10.7 Å². The summed E-state index contributed by atoms with van der Waals surface area (Å²) in [5.74, 6) is -0.425. The number of nitrogens with one attached hydrogen (secondary N) is 1. The highest BCUT2D eigenvalue weighted by atomic mass is 35.5. The molecule has 1 unspecified atom stereocenters. The Balaban J connectivity index is 1.70. The molecular formula is C29H27ClN2O3S. The van der Waals surface area contributed by atoms with Crippen molar-refractivity contribution in [3.05, 3.63) is 130 Å². The average Bonchev–Trinajstić information content (AvgIpc) is 2.87. The van der Waals surface area contributed by atoms with Crippen LogP contribution in [0.3, 0.4) is 0 Å². The Morgan fingerprint density at radius 1 is 0.833 bits per heavy atom. The Bertz CT molecular complexity index is 1460. The number of hydrogen-bond acceptors (Lipinski definition) is 3. The second kappa shape index (κ2) is 11.0. The van der Waals surface area contributed by atoms with E-state index in [4.69, 9.17) is 11.6 Å². The van der Waals surface area contributed by atoms with Crippen LogP contribution in [0.4, 0.5) is 5.69 Å². The van der Waals surface area contributed by atoms with E-state index in [9.17, 15) is 13.2 Å². The van der Waals surface area contributed by atoms with E-state index in [0.717, 1.165) is 26.6 Å². The minimum atomic E-state index is -4.05. The highest BCUT2D eigenvalue weighted by Crippen LogP contribution is 2.28. The molecule has 4 rings (SSSR count). The van der Waals surface area contributed by atoms with Crippen LogP contribution in [0, 0.1) is 13.8 Å². The number of nitrogens with zero attached hydrogens (tertiary/aromatic N) is 1. The van der Waals surface area contributed by atoms with Gasteiger partial charge in [-0.15, -0.1) is 0 Å². The number of rotatable bonds is 8. The Kier molecular flexibility index (Phi) is 7.77. The van der Waals surface area contributed by atoms with Gasteiger partial charge in [-0.2, -0.15) is 0 Å². The SMILES string of the molecule is Cc1cccc(C(NC(=O)CN(c2ccccc2C)S(=O)(=O)c2ccc(Cl)cc2)c2ccccc2)c1. The van der Waals surface area contributed by atoms with Crippen molar-refractivity contribution in [2.75, 3.05) is 10.8 Å². The molecule has 0 aliphatic rings. The predicted molar refractivity (Wildman–Crippen MR) is 145 cm³/mol. The first-order chi connectivity index (χ1) is 17.3. The van der Waals surface area contributed by atoms with Crippen molar-refractivity contribution in [2.24, 2.45) is 0 Å². The fraction of sp³-hybridized carbons (Fsp3) is 0.138. The normalized spacial score (nSPS) is 12.1. The van der Waals surface area contributed by atoms with E-state index in [1.54, 1.807) is 12.1 Å². The smallest absolute Gasteiger partial charge is 0.264 e. The van der Waals surface area contributed by atoms with Crippen molar-refractivity contribution in [3.8, 4) is 0 Å².